The number of piperidine rings is 1. The number of nitrogens with zero attached hydrogens (tertiary/aromatic N) is 3. The molecule has 2 amide bonds. The maximum absolute atomic E-state index is 12.8. The van der Waals surface area contributed by atoms with Gasteiger partial charge in [-0.05, 0) is 30.9 Å². The molecule has 3 rings (SSSR count). The zero-order valence-corrected chi connectivity index (χ0v) is 16.7. The van der Waals surface area contributed by atoms with Gasteiger partial charge in [-0.2, -0.15) is 0 Å². The minimum atomic E-state index is -0.545. The first-order valence-electron chi connectivity index (χ1n) is 9.67. The molecule has 0 saturated carbocycles. The Morgan fingerprint density at radius 2 is 2.07 bits per heavy atom. The number of amides is 2. The minimum absolute atomic E-state index is 0.0305. The van der Waals surface area contributed by atoms with Crippen molar-refractivity contribution in [3.8, 4) is 0 Å². The summed E-state index contributed by atoms with van der Waals surface area (Å²) in [6.07, 6.45) is 6.51. The molecule has 28 heavy (non-hydrogen) atoms. The van der Waals surface area contributed by atoms with Gasteiger partial charge >= 0.3 is 6.03 Å². The zero-order chi connectivity index (χ0) is 20.1. The average molecular weight is 384 g/mol. The first-order chi connectivity index (χ1) is 13.5. The van der Waals surface area contributed by atoms with Crippen molar-refractivity contribution in [3.05, 3.63) is 54.1 Å². The van der Waals surface area contributed by atoms with Crippen LogP contribution in [0.4, 0.5) is 4.79 Å². The van der Waals surface area contributed by atoms with E-state index in [1.54, 1.807) is 19.5 Å². The lowest BCUT2D eigenvalue weighted by atomic mass is 9.77. The van der Waals surface area contributed by atoms with Crippen molar-refractivity contribution in [2.45, 2.75) is 51.3 Å². The molecule has 1 aromatic heterocycles. The summed E-state index contributed by atoms with van der Waals surface area (Å²) in [5.74, 6) is 0.150. The normalized spacial score (nSPS) is 22.1. The number of carbonyl (C=O) groups is 2. The summed E-state index contributed by atoms with van der Waals surface area (Å²) in [6, 6.07) is 7.96. The van der Waals surface area contributed by atoms with Crippen LogP contribution in [-0.4, -0.2) is 46.1 Å². The molecule has 2 atom stereocenters. The van der Waals surface area contributed by atoms with Gasteiger partial charge in [0.05, 0.1) is 12.1 Å². The SMILES string of the molecule is CCC(=O)N1CCC(NC(=O)n2ccnc2)(c2ccc(COC)cc2)CC1C. The van der Waals surface area contributed by atoms with Gasteiger partial charge in [-0.1, -0.05) is 31.2 Å². The number of benzene rings is 1. The molecule has 0 bridgehead atoms. The molecule has 1 fully saturated rings. The van der Waals surface area contributed by atoms with Gasteiger partial charge in [0, 0.05) is 38.5 Å². The van der Waals surface area contributed by atoms with E-state index < -0.39 is 5.54 Å². The van der Waals surface area contributed by atoms with E-state index in [9.17, 15) is 9.59 Å². The number of ether oxygens (including phenoxy) is 1. The summed E-state index contributed by atoms with van der Waals surface area (Å²) in [5, 5.41) is 3.23. The molecular weight excluding hydrogens is 356 g/mol. The third kappa shape index (κ3) is 4.09. The minimum Gasteiger partial charge on any atom is -0.380 e. The second-order valence-electron chi connectivity index (χ2n) is 7.36. The Bertz CT molecular complexity index is 804. The van der Waals surface area contributed by atoms with Crippen LogP contribution < -0.4 is 5.32 Å². The summed E-state index contributed by atoms with van der Waals surface area (Å²) < 4.78 is 6.64. The van der Waals surface area contributed by atoms with Crippen LogP contribution in [0.15, 0.2) is 43.0 Å². The molecule has 1 saturated heterocycles. The Morgan fingerprint density at radius 3 is 2.64 bits per heavy atom. The molecule has 1 aliphatic heterocycles. The summed E-state index contributed by atoms with van der Waals surface area (Å²) in [4.78, 5) is 31.0. The third-order valence-electron chi connectivity index (χ3n) is 5.48. The first-order valence-corrected chi connectivity index (χ1v) is 9.67. The highest BCUT2D eigenvalue weighted by Gasteiger charge is 2.42. The lowest BCUT2D eigenvalue weighted by molar-refractivity contribution is -0.135. The molecule has 2 aromatic rings. The lowest BCUT2D eigenvalue weighted by Crippen LogP contribution is -2.57. The van der Waals surface area contributed by atoms with Crippen LogP contribution in [0, 0.1) is 0 Å². The van der Waals surface area contributed by atoms with E-state index in [0.29, 0.717) is 32.4 Å². The van der Waals surface area contributed by atoms with Gasteiger partial charge in [-0.15, -0.1) is 0 Å². The van der Waals surface area contributed by atoms with Crippen LogP contribution in [-0.2, 0) is 21.7 Å². The molecule has 1 aromatic carbocycles. The summed E-state index contributed by atoms with van der Waals surface area (Å²) in [7, 11) is 1.67. The van der Waals surface area contributed by atoms with Gasteiger partial charge in [0.15, 0.2) is 0 Å². The second kappa shape index (κ2) is 8.56. The monoisotopic (exact) mass is 384 g/mol. The maximum Gasteiger partial charge on any atom is 0.327 e. The van der Waals surface area contributed by atoms with Crippen molar-refractivity contribution in [3.63, 3.8) is 0 Å². The van der Waals surface area contributed by atoms with Gasteiger partial charge in [-0.25, -0.2) is 9.78 Å². The number of hydrogen-bond donors (Lipinski definition) is 1. The smallest absolute Gasteiger partial charge is 0.327 e. The first kappa shape index (κ1) is 20.1. The van der Waals surface area contributed by atoms with Gasteiger partial charge in [0.25, 0.3) is 0 Å². The number of methoxy groups -OCH3 is 1. The van der Waals surface area contributed by atoms with Crippen LogP contribution in [0.1, 0.15) is 44.2 Å². The average Bonchev–Trinajstić information content (AvgIpc) is 3.23. The summed E-state index contributed by atoms with van der Waals surface area (Å²) in [5.41, 5.74) is 1.57. The topological polar surface area (TPSA) is 76.5 Å². The molecule has 1 N–H and O–H groups in total. The van der Waals surface area contributed by atoms with Crippen molar-refractivity contribution in [2.24, 2.45) is 0 Å². The molecule has 0 spiro atoms. The molecule has 150 valence electrons. The molecule has 0 radical (unpaired) electrons. The molecule has 1 aliphatic rings. The van der Waals surface area contributed by atoms with Gasteiger partial charge in [-0.3, -0.25) is 9.36 Å². The van der Waals surface area contributed by atoms with Crippen molar-refractivity contribution in [1.29, 1.82) is 0 Å². The van der Waals surface area contributed by atoms with Gasteiger partial charge in [0.2, 0.25) is 5.91 Å². The number of nitrogens with one attached hydrogen (secondary N) is 1. The summed E-state index contributed by atoms with van der Waals surface area (Å²) in [6.45, 7) is 5.08. The lowest BCUT2D eigenvalue weighted by Gasteiger charge is -2.46. The van der Waals surface area contributed by atoms with Gasteiger partial charge < -0.3 is 15.0 Å². The third-order valence-corrected chi connectivity index (χ3v) is 5.48. The molecule has 7 heteroatoms. The van der Waals surface area contributed by atoms with Crippen LogP contribution in [0.5, 0.6) is 0 Å². The maximum atomic E-state index is 12.8. The number of carbonyl (C=O) groups excluding carboxylic acids is 2. The highest BCUT2D eigenvalue weighted by molar-refractivity contribution is 5.78. The Balaban J connectivity index is 1.90. The van der Waals surface area contributed by atoms with E-state index >= 15 is 0 Å². The number of rotatable bonds is 5. The molecule has 7 nitrogen and oxygen atoms in total. The highest BCUT2D eigenvalue weighted by Crippen LogP contribution is 2.36. The Kier molecular flexibility index (Phi) is 6.14. The standard InChI is InChI=1S/C21H28N4O3/c1-4-19(26)25-11-9-21(13-16(25)2,23-20(27)24-12-10-22-15-24)18-7-5-17(6-8-18)14-28-3/h5-8,10,12,15-16H,4,9,11,13-14H2,1-3H3,(H,23,27). The van der Waals surface area contributed by atoms with Gasteiger partial charge in [0.1, 0.15) is 6.33 Å². The van der Waals surface area contributed by atoms with E-state index in [0.717, 1.165) is 11.1 Å². The Morgan fingerprint density at radius 1 is 1.32 bits per heavy atom. The number of imidazole rings is 1. The van der Waals surface area contributed by atoms with Crippen LogP contribution in [0.3, 0.4) is 0 Å². The number of aromatic nitrogens is 2. The molecule has 2 unspecified atom stereocenters. The van der Waals surface area contributed by atoms with E-state index in [4.69, 9.17) is 4.74 Å². The van der Waals surface area contributed by atoms with E-state index in [1.807, 2.05) is 43.0 Å². The number of hydrogen-bond acceptors (Lipinski definition) is 4. The van der Waals surface area contributed by atoms with E-state index in [-0.39, 0.29) is 18.0 Å². The molecular formula is C21H28N4O3. The number of likely N-dealkylation sites (tertiary alicyclic amines) is 1. The molecule has 0 aliphatic carbocycles. The predicted molar refractivity (Wildman–Crippen MR) is 106 cm³/mol. The predicted octanol–water partition coefficient (Wildman–Crippen LogP) is 2.90. The highest BCUT2D eigenvalue weighted by atomic mass is 16.5. The van der Waals surface area contributed by atoms with Crippen molar-refractivity contribution < 1.29 is 14.3 Å². The van der Waals surface area contributed by atoms with Crippen molar-refractivity contribution in [1.82, 2.24) is 19.8 Å². The summed E-state index contributed by atoms with van der Waals surface area (Å²) >= 11 is 0. The van der Waals surface area contributed by atoms with E-state index in [1.165, 1.54) is 10.9 Å². The largest absolute Gasteiger partial charge is 0.380 e. The molecule has 2 heterocycles. The van der Waals surface area contributed by atoms with Crippen LogP contribution in [0.25, 0.3) is 0 Å². The van der Waals surface area contributed by atoms with Crippen LogP contribution >= 0.6 is 0 Å². The van der Waals surface area contributed by atoms with E-state index in [2.05, 4.69) is 10.3 Å². The van der Waals surface area contributed by atoms with Crippen LogP contribution in [0.2, 0.25) is 0 Å². The fraction of sp³-hybridized carbons (Fsp3) is 0.476. The fourth-order valence-electron chi connectivity index (χ4n) is 4.00. The second-order valence-corrected chi connectivity index (χ2v) is 7.36. The van der Waals surface area contributed by atoms with Crippen molar-refractivity contribution in [2.75, 3.05) is 13.7 Å². The Labute approximate surface area is 165 Å². The quantitative estimate of drug-likeness (QED) is 0.860. The fourth-order valence-corrected chi connectivity index (χ4v) is 4.00. The Hall–Kier alpha value is -2.67. The van der Waals surface area contributed by atoms with Crippen molar-refractivity contribution >= 4 is 11.9 Å². The zero-order valence-electron chi connectivity index (χ0n) is 16.7.